The van der Waals surface area contributed by atoms with E-state index in [1.54, 1.807) is 7.11 Å². The third kappa shape index (κ3) is 7.39. The second-order valence-electron chi connectivity index (χ2n) is 15.6. The van der Waals surface area contributed by atoms with E-state index in [0.29, 0.717) is 59.9 Å². The molecule has 10 atom stereocenters. The van der Waals surface area contributed by atoms with Gasteiger partial charge in [0, 0.05) is 31.5 Å². The normalized spacial score (nSPS) is 37.1. The van der Waals surface area contributed by atoms with Crippen LogP contribution in [0.2, 0.25) is 0 Å². The summed E-state index contributed by atoms with van der Waals surface area (Å²) >= 11 is 0. The fourth-order valence-corrected chi connectivity index (χ4v) is 11.0. The van der Waals surface area contributed by atoms with Crippen LogP contribution in [0.3, 0.4) is 0 Å². The number of carbonyl (C=O) groups excluding carboxylic acids is 1. The van der Waals surface area contributed by atoms with Crippen LogP contribution in [0.4, 0.5) is 0 Å². The van der Waals surface area contributed by atoms with Crippen molar-refractivity contribution in [2.75, 3.05) is 27.6 Å². The molecule has 4 saturated carbocycles. The Morgan fingerprint density at radius 1 is 1.00 bits per heavy atom. The number of nitrogens with zero attached hydrogens (tertiary/aromatic N) is 1. The van der Waals surface area contributed by atoms with Crippen LogP contribution in [0.15, 0.2) is 24.4 Å². The van der Waals surface area contributed by atoms with Gasteiger partial charge in [-0.25, -0.2) is 0 Å². The van der Waals surface area contributed by atoms with E-state index in [1.165, 1.54) is 89.9 Å². The van der Waals surface area contributed by atoms with Gasteiger partial charge in [-0.3, -0.25) is 9.78 Å². The lowest BCUT2D eigenvalue weighted by molar-refractivity contribution is -0.203. The van der Waals surface area contributed by atoms with Gasteiger partial charge < -0.3 is 19.5 Å². The number of aromatic nitrogens is 1. The van der Waals surface area contributed by atoms with Crippen molar-refractivity contribution in [3.05, 3.63) is 30.1 Å². The van der Waals surface area contributed by atoms with E-state index in [-0.39, 0.29) is 5.97 Å². The number of nitrogens with one attached hydrogen (secondary N) is 1. The zero-order valence-electron chi connectivity index (χ0n) is 28.5. The quantitative estimate of drug-likeness (QED) is 0.123. The molecular weight excluding hydrogens is 548 g/mol. The standard InChI is InChI=1S/C38H62N2O4/c1-27(14-17-35(41)43-5)31-15-16-32-36-33(19-21-38(31,32)3)37(2)20-18-30(24-28(37)25-34(36)44-26-42-4)40-22-10-7-6-8-12-29-13-9-11-23-39-29/h9,11,13,23,27-28,30-34,36,40H,6-8,10,12,14-22,24-26H2,1-5H3/t27-,28+,30+,31-,32?,33?,34?,36?,37+,38-/m1/s1. The summed E-state index contributed by atoms with van der Waals surface area (Å²) in [6, 6.07) is 6.87. The Balaban J connectivity index is 1.16. The maximum atomic E-state index is 11.9. The van der Waals surface area contributed by atoms with Crippen molar-refractivity contribution in [3.8, 4) is 0 Å². The van der Waals surface area contributed by atoms with Crippen molar-refractivity contribution < 1.29 is 19.0 Å². The monoisotopic (exact) mass is 610 g/mol. The second-order valence-corrected chi connectivity index (χ2v) is 15.6. The summed E-state index contributed by atoms with van der Waals surface area (Å²) in [5.74, 6) is 3.95. The van der Waals surface area contributed by atoms with Crippen LogP contribution in [0.5, 0.6) is 0 Å². The average Bonchev–Trinajstić information content (AvgIpc) is 3.39. The van der Waals surface area contributed by atoms with Gasteiger partial charge in [-0.15, -0.1) is 0 Å². The van der Waals surface area contributed by atoms with E-state index in [4.69, 9.17) is 14.2 Å². The van der Waals surface area contributed by atoms with Crippen LogP contribution in [0.1, 0.15) is 116 Å². The number of hydrogen-bond donors (Lipinski definition) is 1. The number of ether oxygens (including phenoxy) is 3. The van der Waals surface area contributed by atoms with Crippen LogP contribution in [0.25, 0.3) is 0 Å². The number of carbonyl (C=O) groups is 1. The van der Waals surface area contributed by atoms with Gasteiger partial charge >= 0.3 is 5.97 Å². The summed E-state index contributed by atoms with van der Waals surface area (Å²) in [6.07, 6.45) is 20.3. The average molecular weight is 611 g/mol. The lowest BCUT2D eigenvalue weighted by Crippen LogP contribution is -2.60. The molecule has 4 aliphatic carbocycles. The summed E-state index contributed by atoms with van der Waals surface area (Å²) in [6.45, 7) is 9.20. The maximum Gasteiger partial charge on any atom is 0.305 e. The third-order valence-corrected chi connectivity index (χ3v) is 13.4. The molecule has 1 heterocycles. The van der Waals surface area contributed by atoms with Crippen molar-refractivity contribution in [1.82, 2.24) is 10.3 Å². The van der Waals surface area contributed by atoms with E-state index in [2.05, 4.69) is 43.2 Å². The fraction of sp³-hybridized carbons (Fsp3) is 0.842. The molecule has 0 aromatic carbocycles. The zero-order chi connectivity index (χ0) is 31.2. The summed E-state index contributed by atoms with van der Waals surface area (Å²) < 4.78 is 17.1. The highest BCUT2D eigenvalue weighted by molar-refractivity contribution is 5.69. The third-order valence-electron chi connectivity index (χ3n) is 13.4. The number of esters is 1. The van der Waals surface area contributed by atoms with Gasteiger partial charge in [-0.05, 0) is 142 Å². The second kappa shape index (κ2) is 15.4. The summed E-state index contributed by atoms with van der Waals surface area (Å²) in [7, 11) is 3.28. The molecule has 6 heteroatoms. The number of rotatable bonds is 15. The zero-order valence-corrected chi connectivity index (χ0v) is 28.5. The summed E-state index contributed by atoms with van der Waals surface area (Å²) in [5.41, 5.74) is 1.97. The first-order valence-corrected chi connectivity index (χ1v) is 18.1. The Hall–Kier alpha value is -1.50. The van der Waals surface area contributed by atoms with Gasteiger partial charge in [0.25, 0.3) is 0 Å². The maximum absolute atomic E-state index is 11.9. The molecule has 0 aliphatic heterocycles. The van der Waals surface area contributed by atoms with Gasteiger partial charge in [-0.2, -0.15) is 0 Å². The van der Waals surface area contributed by atoms with E-state index < -0.39 is 0 Å². The molecule has 0 amide bonds. The molecule has 4 fully saturated rings. The lowest BCUT2D eigenvalue weighted by Gasteiger charge is -2.63. The van der Waals surface area contributed by atoms with Crippen LogP contribution < -0.4 is 5.32 Å². The van der Waals surface area contributed by atoms with Gasteiger partial charge in [0.1, 0.15) is 6.79 Å². The minimum atomic E-state index is -0.0683. The molecule has 0 saturated heterocycles. The molecule has 1 aromatic rings. The fourth-order valence-electron chi connectivity index (χ4n) is 11.0. The van der Waals surface area contributed by atoms with E-state index in [0.717, 1.165) is 31.2 Å². The highest BCUT2D eigenvalue weighted by Crippen LogP contribution is 2.68. The number of unbranched alkanes of at least 4 members (excludes halogenated alkanes) is 3. The Kier molecular flexibility index (Phi) is 11.8. The summed E-state index contributed by atoms with van der Waals surface area (Å²) in [5, 5.41) is 3.99. The lowest BCUT2D eigenvalue weighted by atomic mass is 9.43. The number of aryl methyl sites for hydroxylation is 1. The Morgan fingerprint density at radius 2 is 1.80 bits per heavy atom. The predicted molar refractivity (Wildman–Crippen MR) is 176 cm³/mol. The van der Waals surface area contributed by atoms with Crippen molar-refractivity contribution in [2.45, 2.75) is 129 Å². The molecule has 0 radical (unpaired) electrons. The smallest absolute Gasteiger partial charge is 0.305 e. The van der Waals surface area contributed by atoms with Crippen LogP contribution in [0, 0.1) is 46.3 Å². The highest BCUT2D eigenvalue weighted by Gasteiger charge is 2.63. The first-order chi connectivity index (χ1) is 21.3. The minimum Gasteiger partial charge on any atom is -0.469 e. The SMILES string of the molecule is COCOC1C[C@@H]2C[C@@H](NCCCCCCc3ccccn3)CC[C@]2(C)C2CC[C@@]3(C)C(CC[C@@H]3[C@H](C)CCC(=O)OC)C12. The van der Waals surface area contributed by atoms with E-state index in [9.17, 15) is 4.79 Å². The largest absolute Gasteiger partial charge is 0.469 e. The number of methoxy groups -OCH3 is 2. The van der Waals surface area contributed by atoms with Gasteiger partial charge in [-0.1, -0.05) is 39.7 Å². The molecule has 6 nitrogen and oxygen atoms in total. The predicted octanol–water partition coefficient (Wildman–Crippen LogP) is 7.99. The van der Waals surface area contributed by atoms with Gasteiger partial charge in [0.15, 0.2) is 0 Å². The van der Waals surface area contributed by atoms with Crippen LogP contribution in [-0.4, -0.2) is 50.7 Å². The molecule has 1 N–H and O–H groups in total. The topological polar surface area (TPSA) is 69.7 Å². The molecular formula is C38H62N2O4. The Morgan fingerprint density at radius 3 is 2.57 bits per heavy atom. The van der Waals surface area contributed by atoms with Crippen LogP contribution in [-0.2, 0) is 25.4 Å². The molecule has 44 heavy (non-hydrogen) atoms. The number of pyridine rings is 1. The van der Waals surface area contributed by atoms with Crippen molar-refractivity contribution in [3.63, 3.8) is 0 Å². The Bertz CT molecular complexity index is 1040. The van der Waals surface area contributed by atoms with Crippen molar-refractivity contribution in [1.29, 1.82) is 0 Å². The van der Waals surface area contributed by atoms with Gasteiger partial charge in [0.2, 0.25) is 0 Å². The van der Waals surface area contributed by atoms with Crippen LogP contribution >= 0.6 is 0 Å². The number of fused-ring (bicyclic) bond motifs is 5. The number of hydrogen-bond acceptors (Lipinski definition) is 6. The van der Waals surface area contributed by atoms with Crippen molar-refractivity contribution >= 4 is 5.97 Å². The molecule has 0 spiro atoms. The molecule has 0 bridgehead atoms. The van der Waals surface area contributed by atoms with E-state index in [1.807, 2.05) is 12.3 Å². The molecule has 5 rings (SSSR count). The molecule has 4 aliphatic rings. The first-order valence-electron chi connectivity index (χ1n) is 18.1. The van der Waals surface area contributed by atoms with E-state index >= 15 is 0 Å². The minimum absolute atomic E-state index is 0.0683. The first kappa shape index (κ1) is 33.9. The van der Waals surface area contributed by atoms with Crippen molar-refractivity contribution in [2.24, 2.45) is 46.3 Å². The Labute approximate surface area is 268 Å². The van der Waals surface area contributed by atoms with Gasteiger partial charge in [0.05, 0.1) is 13.2 Å². The molecule has 248 valence electrons. The highest BCUT2D eigenvalue weighted by atomic mass is 16.7. The summed E-state index contributed by atoms with van der Waals surface area (Å²) in [4.78, 5) is 16.4. The molecule has 1 aromatic heterocycles. The molecule has 4 unspecified atom stereocenters.